The zero-order valence-corrected chi connectivity index (χ0v) is 19.4. The van der Waals surface area contributed by atoms with Crippen molar-refractivity contribution in [3.63, 3.8) is 0 Å². The molecular weight excluding hydrogens is 432 g/mol. The molecule has 1 fully saturated rings. The molecule has 1 saturated heterocycles. The second-order valence-electron chi connectivity index (χ2n) is 8.91. The Kier molecular flexibility index (Phi) is 9.05. The molecule has 4 atom stereocenters. The second-order valence-corrected chi connectivity index (χ2v) is 9.35. The van der Waals surface area contributed by atoms with Crippen LogP contribution in [0.2, 0.25) is 5.02 Å². The van der Waals surface area contributed by atoms with Crippen molar-refractivity contribution in [3.05, 3.63) is 34.9 Å². The van der Waals surface area contributed by atoms with Crippen LogP contribution >= 0.6 is 11.6 Å². The Morgan fingerprint density at radius 2 is 1.97 bits per heavy atom. The van der Waals surface area contributed by atoms with Crippen molar-refractivity contribution in [3.8, 4) is 6.07 Å². The van der Waals surface area contributed by atoms with Crippen LogP contribution in [0.15, 0.2) is 24.3 Å². The highest BCUT2D eigenvalue weighted by molar-refractivity contribution is 6.30. The maximum Gasteiger partial charge on any atom is 0.243 e. The van der Waals surface area contributed by atoms with E-state index in [1.165, 1.54) is 6.92 Å². The van der Waals surface area contributed by atoms with Gasteiger partial charge in [0.1, 0.15) is 12.1 Å². The highest BCUT2D eigenvalue weighted by Gasteiger charge is 2.32. The molecule has 0 aliphatic carbocycles. The molecule has 0 radical (unpaired) electrons. The number of rotatable bonds is 10. The first-order chi connectivity index (χ1) is 15.0. The predicted molar refractivity (Wildman–Crippen MR) is 120 cm³/mol. The van der Waals surface area contributed by atoms with Crippen LogP contribution in [0.4, 0.5) is 0 Å². The van der Waals surface area contributed by atoms with Gasteiger partial charge in [0.25, 0.3) is 0 Å². The van der Waals surface area contributed by atoms with Crippen LogP contribution in [0, 0.1) is 23.2 Å². The molecule has 0 aromatic heterocycles. The van der Waals surface area contributed by atoms with Gasteiger partial charge in [0.15, 0.2) is 0 Å². The van der Waals surface area contributed by atoms with E-state index in [1.54, 1.807) is 24.3 Å². The van der Waals surface area contributed by atoms with Gasteiger partial charge in [-0.1, -0.05) is 37.6 Å². The maximum atomic E-state index is 12.9. The van der Waals surface area contributed by atoms with Crippen molar-refractivity contribution in [2.24, 2.45) is 11.8 Å². The molecule has 9 heteroatoms. The molecule has 0 saturated carbocycles. The van der Waals surface area contributed by atoms with Crippen LogP contribution in [0.3, 0.4) is 0 Å². The van der Waals surface area contributed by atoms with Gasteiger partial charge in [-0.25, -0.2) is 0 Å². The molecule has 0 spiro atoms. The summed E-state index contributed by atoms with van der Waals surface area (Å²) < 4.78 is 0. The zero-order valence-electron chi connectivity index (χ0n) is 18.7. The molecule has 0 bridgehead atoms. The Morgan fingerprint density at radius 1 is 1.31 bits per heavy atom. The molecule has 1 aliphatic heterocycles. The van der Waals surface area contributed by atoms with Crippen molar-refractivity contribution in [1.82, 2.24) is 16.0 Å². The van der Waals surface area contributed by atoms with Gasteiger partial charge >= 0.3 is 0 Å². The van der Waals surface area contributed by atoms with Gasteiger partial charge in [-0.3, -0.25) is 14.4 Å². The topological polar surface area (TPSA) is 131 Å². The van der Waals surface area contributed by atoms with Crippen LogP contribution in [-0.4, -0.2) is 41.5 Å². The molecule has 1 aliphatic rings. The van der Waals surface area contributed by atoms with Crippen molar-refractivity contribution >= 4 is 29.3 Å². The molecule has 3 amide bonds. The highest BCUT2D eigenvalue weighted by atomic mass is 35.5. The molecule has 174 valence electrons. The van der Waals surface area contributed by atoms with Crippen LogP contribution in [0.5, 0.6) is 0 Å². The number of halogens is 1. The second kappa shape index (κ2) is 11.3. The van der Waals surface area contributed by atoms with E-state index in [1.807, 2.05) is 19.9 Å². The molecule has 32 heavy (non-hydrogen) atoms. The number of hydrogen-bond donors (Lipinski definition) is 4. The first-order valence-corrected chi connectivity index (χ1v) is 11.1. The summed E-state index contributed by atoms with van der Waals surface area (Å²) in [5.74, 6) is -1.30. The Balaban J connectivity index is 2.02. The molecule has 4 unspecified atom stereocenters. The van der Waals surface area contributed by atoms with Gasteiger partial charge in [-0.15, -0.1) is 0 Å². The largest absolute Gasteiger partial charge is 0.385 e. The summed E-state index contributed by atoms with van der Waals surface area (Å²) in [4.78, 5) is 37.3. The average molecular weight is 463 g/mol. The van der Waals surface area contributed by atoms with Gasteiger partial charge in [0, 0.05) is 17.5 Å². The fraction of sp³-hybridized carbons (Fsp3) is 0.565. The van der Waals surface area contributed by atoms with E-state index in [9.17, 15) is 24.8 Å². The van der Waals surface area contributed by atoms with E-state index in [0.717, 1.165) is 0 Å². The van der Waals surface area contributed by atoms with E-state index in [-0.39, 0.29) is 30.6 Å². The summed E-state index contributed by atoms with van der Waals surface area (Å²) in [5, 5.41) is 28.8. The van der Waals surface area contributed by atoms with Gasteiger partial charge in [-0.05, 0) is 49.8 Å². The summed E-state index contributed by atoms with van der Waals surface area (Å²) in [6.45, 7) is 5.92. The van der Waals surface area contributed by atoms with Crippen LogP contribution in [-0.2, 0) is 20.0 Å². The van der Waals surface area contributed by atoms with Crippen LogP contribution in [0.25, 0.3) is 0 Å². The van der Waals surface area contributed by atoms with Crippen molar-refractivity contribution in [2.45, 2.75) is 64.1 Å². The number of nitrogens with zero attached hydrogens (tertiary/aromatic N) is 1. The molecule has 8 nitrogen and oxygen atoms in total. The number of carbonyl (C=O) groups excluding carboxylic acids is 3. The fourth-order valence-electron chi connectivity index (χ4n) is 3.74. The Morgan fingerprint density at radius 3 is 2.50 bits per heavy atom. The number of amides is 3. The Bertz CT molecular complexity index is 864. The summed E-state index contributed by atoms with van der Waals surface area (Å²) in [6, 6.07) is 6.88. The quantitative estimate of drug-likeness (QED) is 0.422. The third-order valence-corrected chi connectivity index (χ3v) is 5.74. The first kappa shape index (κ1) is 25.6. The van der Waals surface area contributed by atoms with Gasteiger partial charge < -0.3 is 21.1 Å². The minimum absolute atomic E-state index is 0.101. The number of hydrogen-bond acceptors (Lipinski definition) is 5. The zero-order chi connectivity index (χ0) is 23.9. The van der Waals surface area contributed by atoms with Gasteiger partial charge in [0.05, 0.1) is 18.1 Å². The molecular formula is C23H31ClN4O4. The number of nitrogens with one attached hydrogen (secondary N) is 3. The minimum Gasteiger partial charge on any atom is -0.385 e. The van der Waals surface area contributed by atoms with E-state index >= 15 is 0 Å². The van der Waals surface area contributed by atoms with Crippen molar-refractivity contribution < 1.29 is 19.5 Å². The van der Waals surface area contributed by atoms with Gasteiger partial charge in [-0.2, -0.15) is 5.26 Å². The van der Waals surface area contributed by atoms with E-state index in [0.29, 0.717) is 30.0 Å². The number of aliphatic hydroxyl groups is 1. The summed E-state index contributed by atoms with van der Waals surface area (Å²) in [7, 11) is 0. The SMILES string of the molecule is CC(C)CC(NC(=O)CC(C)(O)c1ccc(Cl)cc1)C(=O)NC(C#N)CC1CCNC1=O. The molecule has 1 aromatic carbocycles. The Hall–Kier alpha value is -2.63. The smallest absolute Gasteiger partial charge is 0.243 e. The third-order valence-electron chi connectivity index (χ3n) is 5.49. The summed E-state index contributed by atoms with van der Waals surface area (Å²) in [6.07, 6.45) is 0.962. The fourth-order valence-corrected chi connectivity index (χ4v) is 3.87. The predicted octanol–water partition coefficient (Wildman–Crippen LogP) is 2.00. The van der Waals surface area contributed by atoms with Crippen LogP contribution < -0.4 is 16.0 Å². The van der Waals surface area contributed by atoms with Crippen molar-refractivity contribution in [2.75, 3.05) is 6.54 Å². The molecule has 2 rings (SSSR count). The lowest BCUT2D eigenvalue weighted by Gasteiger charge is -2.26. The van der Waals surface area contributed by atoms with Crippen molar-refractivity contribution in [1.29, 1.82) is 5.26 Å². The van der Waals surface area contributed by atoms with E-state index < -0.39 is 29.5 Å². The van der Waals surface area contributed by atoms with E-state index in [4.69, 9.17) is 11.6 Å². The van der Waals surface area contributed by atoms with Crippen LogP contribution in [0.1, 0.15) is 52.0 Å². The van der Waals surface area contributed by atoms with E-state index in [2.05, 4.69) is 16.0 Å². The minimum atomic E-state index is -1.45. The lowest BCUT2D eigenvalue weighted by molar-refractivity contribution is -0.132. The lowest BCUT2D eigenvalue weighted by atomic mass is 9.92. The number of nitriles is 1. The molecule has 1 heterocycles. The highest BCUT2D eigenvalue weighted by Crippen LogP contribution is 2.26. The summed E-state index contributed by atoms with van der Waals surface area (Å²) in [5.41, 5.74) is -0.917. The number of carbonyl (C=O) groups is 3. The first-order valence-electron chi connectivity index (χ1n) is 10.8. The van der Waals surface area contributed by atoms with Gasteiger partial charge in [0.2, 0.25) is 17.7 Å². The monoisotopic (exact) mass is 462 g/mol. The lowest BCUT2D eigenvalue weighted by Crippen LogP contribution is -2.51. The normalized spacial score (nSPS) is 19.4. The number of benzene rings is 1. The standard InChI is InChI=1S/C23H31ClN4O4/c1-14(2)10-19(22(31)27-18(13-25)11-15-8-9-26-21(15)30)28-20(29)12-23(3,32)16-4-6-17(24)7-5-16/h4-7,14-15,18-19,32H,8-12H2,1-3H3,(H,26,30)(H,27,31)(H,28,29). The summed E-state index contributed by atoms with van der Waals surface area (Å²) >= 11 is 5.88. The average Bonchev–Trinajstić information content (AvgIpc) is 3.10. The molecule has 4 N–H and O–H groups in total. The third kappa shape index (κ3) is 7.50. The Labute approximate surface area is 193 Å². The maximum absolute atomic E-state index is 12.9. The molecule has 1 aromatic rings.